The van der Waals surface area contributed by atoms with E-state index in [2.05, 4.69) is 21.4 Å². The van der Waals surface area contributed by atoms with Crippen molar-refractivity contribution in [2.75, 3.05) is 38.3 Å². The summed E-state index contributed by atoms with van der Waals surface area (Å²) in [6, 6.07) is 15.6. The van der Waals surface area contributed by atoms with Crippen molar-refractivity contribution >= 4 is 17.5 Å². The number of nitrogens with one attached hydrogen (secondary N) is 1. The Labute approximate surface area is 186 Å². The molecule has 3 aromatic rings. The summed E-state index contributed by atoms with van der Waals surface area (Å²) < 4.78 is 16.2. The van der Waals surface area contributed by atoms with Crippen molar-refractivity contribution in [2.45, 2.75) is 12.5 Å². The van der Waals surface area contributed by atoms with Crippen LogP contribution in [-0.4, -0.2) is 37.9 Å². The summed E-state index contributed by atoms with van der Waals surface area (Å²) in [5.41, 5.74) is 2.05. The van der Waals surface area contributed by atoms with Crippen LogP contribution in [-0.2, 0) is 4.84 Å². The molecular weight excluding hydrogens is 410 g/mol. The smallest absolute Gasteiger partial charge is 0.229 e. The molecule has 2 heterocycles. The van der Waals surface area contributed by atoms with Crippen LogP contribution in [0.4, 0.5) is 17.5 Å². The van der Waals surface area contributed by atoms with Gasteiger partial charge in [-0.15, -0.1) is 0 Å². The Morgan fingerprint density at radius 2 is 1.81 bits per heavy atom. The summed E-state index contributed by atoms with van der Waals surface area (Å²) in [5, 5.41) is 14.5. The first kappa shape index (κ1) is 21.2. The van der Waals surface area contributed by atoms with Crippen LogP contribution in [0.25, 0.3) is 0 Å². The highest BCUT2D eigenvalue weighted by molar-refractivity contribution is 5.67. The third-order valence-corrected chi connectivity index (χ3v) is 5.11. The lowest BCUT2D eigenvalue weighted by atomic mass is 10.0. The second kappa shape index (κ2) is 9.41. The fraction of sp³-hybridized carbons (Fsp3) is 0.261. The van der Waals surface area contributed by atoms with Crippen LogP contribution in [0.2, 0.25) is 0 Å². The molecule has 0 saturated carbocycles. The largest absolute Gasteiger partial charge is 0.493 e. The van der Waals surface area contributed by atoms with Gasteiger partial charge in [0.05, 0.1) is 40.2 Å². The van der Waals surface area contributed by atoms with Gasteiger partial charge >= 0.3 is 0 Å². The van der Waals surface area contributed by atoms with Crippen LogP contribution in [0.1, 0.15) is 23.6 Å². The second-order valence-electron chi connectivity index (χ2n) is 6.96. The van der Waals surface area contributed by atoms with Crippen LogP contribution in [0.3, 0.4) is 0 Å². The van der Waals surface area contributed by atoms with E-state index in [0.717, 1.165) is 12.0 Å². The van der Waals surface area contributed by atoms with Gasteiger partial charge in [0, 0.05) is 24.2 Å². The molecule has 0 unspecified atom stereocenters. The van der Waals surface area contributed by atoms with Crippen molar-refractivity contribution in [3.8, 4) is 23.3 Å². The molecule has 9 heteroatoms. The molecule has 1 N–H and O–H groups in total. The predicted molar refractivity (Wildman–Crippen MR) is 118 cm³/mol. The minimum absolute atomic E-state index is 0.0489. The van der Waals surface area contributed by atoms with Gasteiger partial charge in [-0.1, -0.05) is 30.3 Å². The number of methoxy groups -OCH3 is 3. The number of rotatable bonds is 7. The number of aromatic nitrogens is 2. The van der Waals surface area contributed by atoms with E-state index >= 15 is 0 Å². The van der Waals surface area contributed by atoms with Gasteiger partial charge in [-0.2, -0.15) is 10.2 Å². The number of ether oxygens (including phenoxy) is 3. The molecule has 9 nitrogen and oxygen atoms in total. The summed E-state index contributed by atoms with van der Waals surface area (Å²) in [4.78, 5) is 14.7. The number of hydrogen-bond acceptors (Lipinski definition) is 9. The standard InChI is InChI=1S/C23H23N5O4/c1-29-19-11-17(12-20(30-2)21(19)31-3)26-23-25-14-16(13-24)22(27-23)28-18(9-10-32-28)15-7-5-4-6-8-15/h4-8,11-12,14,18H,9-10H2,1-3H3,(H,25,26,27)/t18-/m0/s1. The fourth-order valence-corrected chi connectivity index (χ4v) is 3.62. The normalized spacial score (nSPS) is 15.2. The number of hydrogen-bond donors (Lipinski definition) is 1. The molecule has 1 aliphatic heterocycles. The molecule has 1 saturated heterocycles. The van der Waals surface area contributed by atoms with Gasteiger partial charge < -0.3 is 19.5 Å². The number of benzene rings is 2. The van der Waals surface area contributed by atoms with Crippen molar-refractivity contribution in [3.63, 3.8) is 0 Å². The molecular formula is C23H23N5O4. The first-order valence-electron chi connectivity index (χ1n) is 9.99. The Bertz CT molecular complexity index is 1110. The predicted octanol–water partition coefficient (Wildman–Crippen LogP) is 4.00. The van der Waals surface area contributed by atoms with E-state index in [1.54, 1.807) is 38.5 Å². The summed E-state index contributed by atoms with van der Waals surface area (Å²) in [6.45, 7) is 0.532. The van der Waals surface area contributed by atoms with E-state index in [1.807, 2.05) is 30.3 Å². The van der Waals surface area contributed by atoms with Crippen molar-refractivity contribution in [1.82, 2.24) is 9.97 Å². The Hall–Kier alpha value is -4.03. The molecule has 0 radical (unpaired) electrons. The highest BCUT2D eigenvalue weighted by atomic mass is 16.7. The first-order chi connectivity index (χ1) is 15.7. The van der Waals surface area contributed by atoms with Crippen LogP contribution < -0.4 is 24.6 Å². The van der Waals surface area contributed by atoms with E-state index in [1.165, 1.54) is 6.20 Å². The monoisotopic (exact) mass is 433 g/mol. The Morgan fingerprint density at radius 3 is 2.44 bits per heavy atom. The molecule has 1 aromatic heterocycles. The van der Waals surface area contributed by atoms with Crippen molar-refractivity contribution in [2.24, 2.45) is 0 Å². The maximum absolute atomic E-state index is 9.63. The van der Waals surface area contributed by atoms with E-state index < -0.39 is 0 Å². The highest BCUT2D eigenvalue weighted by Gasteiger charge is 2.31. The van der Waals surface area contributed by atoms with E-state index in [9.17, 15) is 5.26 Å². The quantitative estimate of drug-likeness (QED) is 0.592. The fourth-order valence-electron chi connectivity index (χ4n) is 3.62. The van der Waals surface area contributed by atoms with Gasteiger partial charge in [-0.3, -0.25) is 4.84 Å². The summed E-state index contributed by atoms with van der Waals surface area (Å²) in [5.74, 6) is 2.18. The van der Waals surface area contributed by atoms with E-state index in [0.29, 0.717) is 46.9 Å². The summed E-state index contributed by atoms with van der Waals surface area (Å²) in [6.07, 6.45) is 2.26. The topological polar surface area (TPSA) is 102 Å². The van der Waals surface area contributed by atoms with Gasteiger partial charge in [0.1, 0.15) is 11.6 Å². The minimum atomic E-state index is -0.0489. The molecule has 1 atom stereocenters. The number of hydroxylamine groups is 1. The first-order valence-corrected chi connectivity index (χ1v) is 9.99. The van der Waals surface area contributed by atoms with Crippen LogP contribution >= 0.6 is 0 Å². The third-order valence-electron chi connectivity index (χ3n) is 5.11. The zero-order valence-corrected chi connectivity index (χ0v) is 18.0. The van der Waals surface area contributed by atoms with E-state index in [4.69, 9.17) is 19.0 Å². The summed E-state index contributed by atoms with van der Waals surface area (Å²) >= 11 is 0. The molecule has 0 bridgehead atoms. The Morgan fingerprint density at radius 1 is 1.09 bits per heavy atom. The lowest BCUT2D eigenvalue weighted by Crippen LogP contribution is -2.23. The van der Waals surface area contributed by atoms with Crippen LogP contribution in [0.15, 0.2) is 48.7 Å². The van der Waals surface area contributed by atoms with Crippen molar-refractivity contribution < 1.29 is 19.0 Å². The van der Waals surface area contributed by atoms with Crippen molar-refractivity contribution in [3.05, 3.63) is 59.8 Å². The molecule has 1 fully saturated rings. The third kappa shape index (κ3) is 4.08. The number of anilines is 3. The zero-order valence-electron chi connectivity index (χ0n) is 18.0. The zero-order chi connectivity index (χ0) is 22.5. The second-order valence-corrected chi connectivity index (χ2v) is 6.96. The van der Waals surface area contributed by atoms with Gasteiger partial charge in [-0.25, -0.2) is 10.0 Å². The number of nitrogens with zero attached hydrogens (tertiary/aromatic N) is 4. The minimum Gasteiger partial charge on any atom is -0.493 e. The van der Waals surface area contributed by atoms with Crippen LogP contribution in [0.5, 0.6) is 17.2 Å². The Kier molecular flexibility index (Phi) is 6.24. The molecule has 0 aliphatic carbocycles. The molecule has 2 aromatic carbocycles. The average Bonchev–Trinajstić information content (AvgIpc) is 3.33. The Balaban J connectivity index is 1.68. The molecule has 4 rings (SSSR count). The molecule has 164 valence electrons. The van der Waals surface area contributed by atoms with Crippen molar-refractivity contribution in [1.29, 1.82) is 5.26 Å². The maximum atomic E-state index is 9.63. The summed E-state index contributed by atoms with van der Waals surface area (Å²) in [7, 11) is 4.64. The molecule has 0 spiro atoms. The van der Waals surface area contributed by atoms with E-state index in [-0.39, 0.29) is 6.04 Å². The van der Waals surface area contributed by atoms with Gasteiger partial charge in [-0.05, 0) is 5.56 Å². The van der Waals surface area contributed by atoms with Gasteiger partial charge in [0.15, 0.2) is 17.3 Å². The lowest BCUT2D eigenvalue weighted by molar-refractivity contribution is 0.156. The van der Waals surface area contributed by atoms with Gasteiger partial charge in [0.25, 0.3) is 0 Å². The average molecular weight is 433 g/mol. The molecule has 0 amide bonds. The highest BCUT2D eigenvalue weighted by Crippen LogP contribution is 2.41. The van der Waals surface area contributed by atoms with Gasteiger partial charge in [0.2, 0.25) is 11.7 Å². The lowest BCUT2D eigenvalue weighted by Gasteiger charge is -2.24. The maximum Gasteiger partial charge on any atom is 0.229 e. The molecule has 32 heavy (non-hydrogen) atoms. The SMILES string of the molecule is COc1cc(Nc2ncc(C#N)c(N3OCC[C@H]3c3ccccc3)n2)cc(OC)c1OC. The molecule has 1 aliphatic rings. The number of nitriles is 1. The van der Waals surface area contributed by atoms with Crippen LogP contribution in [0, 0.1) is 11.3 Å².